The van der Waals surface area contributed by atoms with Crippen molar-refractivity contribution in [2.45, 2.75) is 26.7 Å². The molecule has 132 valence electrons. The van der Waals surface area contributed by atoms with Gasteiger partial charge >= 0.3 is 0 Å². The second-order valence-corrected chi connectivity index (χ2v) is 6.44. The van der Waals surface area contributed by atoms with Gasteiger partial charge in [0.15, 0.2) is 5.11 Å². The highest BCUT2D eigenvalue weighted by Crippen LogP contribution is 2.16. The van der Waals surface area contributed by atoms with Crippen molar-refractivity contribution < 1.29 is 4.79 Å². The summed E-state index contributed by atoms with van der Waals surface area (Å²) in [6, 6.07) is 8.27. The number of hydrogen-bond donors (Lipinski definition) is 2. The van der Waals surface area contributed by atoms with Gasteiger partial charge in [0.05, 0.1) is 6.54 Å². The molecule has 0 bridgehead atoms. The fraction of sp³-hybridized carbons (Fsp3) is 0.556. The van der Waals surface area contributed by atoms with Crippen LogP contribution >= 0.6 is 12.2 Å². The summed E-state index contributed by atoms with van der Waals surface area (Å²) in [4.78, 5) is 16.2. The normalized spacial score (nSPS) is 15.2. The van der Waals surface area contributed by atoms with Gasteiger partial charge in [-0.15, -0.1) is 0 Å². The molecule has 0 saturated carbocycles. The van der Waals surface area contributed by atoms with E-state index in [9.17, 15) is 4.79 Å². The molecule has 1 heterocycles. The Bertz CT molecular complexity index is 556. The molecule has 1 aliphatic heterocycles. The summed E-state index contributed by atoms with van der Waals surface area (Å²) in [6.45, 7) is 8.85. The van der Waals surface area contributed by atoms with E-state index in [1.165, 1.54) is 5.56 Å². The van der Waals surface area contributed by atoms with Crippen molar-refractivity contribution in [3.05, 3.63) is 29.8 Å². The molecular formula is C18H28N4OS. The Hall–Kier alpha value is -1.66. The van der Waals surface area contributed by atoms with Crippen LogP contribution in [0.5, 0.6) is 0 Å². The first kappa shape index (κ1) is 18.7. The lowest BCUT2D eigenvalue weighted by atomic mass is 10.1. The fourth-order valence-electron chi connectivity index (χ4n) is 2.78. The SMILES string of the molecule is CCCNC(=O)CN1CCN(C(=S)Nc2ccccc2CC)CC1. The molecule has 0 spiro atoms. The van der Waals surface area contributed by atoms with Crippen LogP contribution in [0.2, 0.25) is 0 Å². The van der Waals surface area contributed by atoms with Gasteiger partial charge in [-0.05, 0) is 36.7 Å². The minimum atomic E-state index is 0.114. The summed E-state index contributed by atoms with van der Waals surface area (Å²) in [5, 5.41) is 7.07. The summed E-state index contributed by atoms with van der Waals surface area (Å²) in [5.41, 5.74) is 2.36. The number of aryl methyl sites for hydroxylation is 1. The largest absolute Gasteiger partial charge is 0.355 e. The van der Waals surface area contributed by atoms with Crippen molar-refractivity contribution in [2.24, 2.45) is 0 Å². The first-order valence-corrected chi connectivity index (χ1v) is 9.17. The number of nitrogens with one attached hydrogen (secondary N) is 2. The van der Waals surface area contributed by atoms with E-state index in [4.69, 9.17) is 12.2 Å². The molecule has 1 fully saturated rings. The maximum atomic E-state index is 11.8. The molecule has 6 heteroatoms. The Kier molecular flexibility index (Phi) is 7.46. The number of piperazine rings is 1. The number of anilines is 1. The monoisotopic (exact) mass is 348 g/mol. The summed E-state index contributed by atoms with van der Waals surface area (Å²) in [5.74, 6) is 0.114. The van der Waals surface area contributed by atoms with Gasteiger partial charge in [-0.3, -0.25) is 9.69 Å². The zero-order valence-electron chi connectivity index (χ0n) is 14.7. The third-order valence-electron chi connectivity index (χ3n) is 4.24. The van der Waals surface area contributed by atoms with Crippen molar-refractivity contribution in [1.29, 1.82) is 0 Å². The first-order chi connectivity index (χ1) is 11.6. The lowest BCUT2D eigenvalue weighted by molar-refractivity contribution is -0.122. The average molecular weight is 349 g/mol. The Balaban J connectivity index is 1.79. The van der Waals surface area contributed by atoms with E-state index < -0.39 is 0 Å². The summed E-state index contributed by atoms with van der Waals surface area (Å²) in [7, 11) is 0. The van der Waals surface area contributed by atoms with Crippen LogP contribution in [0.4, 0.5) is 5.69 Å². The Labute approximate surface area is 150 Å². The highest BCUT2D eigenvalue weighted by atomic mass is 32.1. The molecule has 0 aromatic heterocycles. The molecular weight excluding hydrogens is 320 g/mol. The predicted octanol–water partition coefficient (Wildman–Crippen LogP) is 2.09. The van der Waals surface area contributed by atoms with Gasteiger partial charge in [0, 0.05) is 38.4 Å². The van der Waals surface area contributed by atoms with Gasteiger partial charge < -0.3 is 15.5 Å². The molecule has 0 radical (unpaired) electrons. The van der Waals surface area contributed by atoms with Crippen LogP contribution < -0.4 is 10.6 Å². The molecule has 1 aliphatic rings. The first-order valence-electron chi connectivity index (χ1n) is 8.77. The molecule has 1 saturated heterocycles. The van der Waals surface area contributed by atoms with E-state index in [1.807, 2.05) is 6.07 Å². The predicted molar refractivity (Wildman–Crippen MR) is 103 cm³/mol. The molecule has 24 heavy (non-hydrogen) atoms. The third-order valence-corrected chi connectivity index (χ3v) is 4.60. The molecule has 5 nitrogen and oxygen atoms in total. The van der Waals surface area contributed by atoms with Gasteiger partial charge in [-0.1, -0.05) is 32.0 Å². The summed E-state index contributed by atoms with van der Waals surface area (Å²) < 4.78 is 0. The van der Waals surface area contributed by atoms with E-state index in [0.29, 0.717) is 6.54 Å². The maximum absolute atomic E-state index is 11.8. The second kappa shape index (κ2) is 9.59. The van der Waals surface area contributed by atoms with Crippen LogP contribution in [-0.4, -0.2) is 60.1 Å². The second-order valence-electron chi connectivity index (χ2n) is 6.05. The number of carbonyl (C=O) groups is 1. The minimum absolute atomic E-state index is 0.114. The van der Waals surface area contributed by atoms with E-state index in [1.54, 1.807) is 0 Å². The van der Waals surface area contributed by atoms with E-state index >= 15 is 0 Å². The van der Waals surface area contributed by atoms with Gasteiger partial charge in [0.25, 0.3) is 0 Å². The molecule has 0 unspecified atom stereocenters. The van der Waals surface area contributed by atoms with Gasteiger partial charge in [-0.25, -0.2) is 0 Å². The maximum Gasteiger partial charge on any atom is 0.234 e. The van der Waals surface area contributed by atoms with Crippen LogP contribution in [0.15, 0.2) is 24.3 Å². The highest BCUT2D eigenvalue weighted by molar-refractivity contribution is 7.80. The van der Waals surface area contributed by atoms with Crippen LogP contribution in [0, 0.1) is 0 Å². The topological polar surface area (TPSA) is 47.6 Å². The lowest BCUT2D eigenvalue weighted by Crippen LogP contribution is -2.52. The highest BCUT2D eigenvalue weighted by Gasteiger charge is 2.20. The van der Waals surface area contributed by atoms with Crippen LogP contribution in [0.1, 0.15) is 25.8 Å². The standard InChI is InChI=1S/C18H28N4OS/c1-3-9-19-17(23)14-21-10-12-22(13-11-21)18(24)20-16-8-6-5-7-15(16)4-2/h5-8H,3-4,9-14H2,1-2H3,(H,19,23)(H,20,24). The number of benzene rings is 1. The van der Waals surface area contributed by atoms with Crippen LogP contribution in [0.3, 0.4) is 0 Å². The van der Waals surface area contributed by atoms with E-state index in [-0.39, 0.29) is 5.91 Å². The van der Waals surface area contributed by atoms with Gasteiger partial charge in [0.1, 0.15) is 0 Å². The van der Waals surface area contributed by atoms with Crippen molar-refractivity contribution in [3.8, 4) is 0 Å². The molecule has 1 aromatic rings. The average Bonchev–Trinajstić information content (AvgIpc) is 2.61. The van der Waals surface area contributed by atoms with Crippen LogP contribution in [0.25, 0.3) is 0 Å². The number of nitrogens with zero attached hydrogens (tertiary/aromatic N) is 2. The lowest BCUT2D eigenvalue weighted by Gasteiger charge is -2.36. The summed E-state index contributed by atoms with van der Waals surface area (Å²) >= 11 is 5.56. The van der Waals surface area contributed by atoms with Crippen molar-refractivity contribution >= 4 is 28.9 Å². The number of carbonyl (C=O) groups excluding carboxylic acids is 1. The zero-order chi connectivity index (χ0) is 17.4. The van der Waals surface area contributed by atoms with Crippen LogP contribution in [-0.2, 0) is 11.2 Å². The number of rotatable bonds is 6. The zero-order valence-corrected chi connectivity index (χ0v) is 15.5. The number of amides is 1. The quantitative estimate of drug-likeness (QED) is 0.771. The molecule has 2 rings (SSSR count). The number of para-hydroxylation sites is 1. The third kappa shape index (κ3) is 5.46. The summed E-state index contributed by atoms with van der Waals surface area (Å²) in [6.07, 6.45) is 1.95. The molecule has 1 aromatic carbocycles. The molecule has 2 N–H and O–H groups in total. The Morgan fingerprint density at radius 3 is 2.54 bits per heavy atom. The van der Waals surface area contributed by atoms with Gasteiger partial charge in [0.2, 0.25) is 5.91 Å². The minimum Gasteiger partial charge on any atom is -0.355 e. The smallest absolute Gasteiger partial charge is 0.234 e. The van der Waals surface area contributed by atoms with Crippen molar-refractivity contribution in [3.63, 3.8) is 0 Å². The van der Waals surface area contributed by atoms with E-state index in [0.717, 1.165) is 56.4 Å². The van der Waals surface area contributed by atoms with Gasteiger partial charge in [-0.2, -0.15) is 0 Å². The Morgan fingerprint density at radius 1 is 1.17 bits per heavy atom. The molecule has 1 amide bonds. The van der Waals surface area contributed by atoms with Crippen molar-refractivity contribution in [1.82, 2.24) is 15.1 Å². The molecule has 0 aliphatic carbocycles. The fourth-order valence-corrected chi connectivity index (χ4v) is 3.07. The van der Waals surface area contributed by atoms with E-state index in [2.05, 4.69) is 52.5 Å². The number of hydrogen-bond acceptors (Lipinski definition) is 3. The molecule has 0 atom stereocenters. The Morgan fingerprint density at radius 2 is 1.88 bits per heavy atom. The van der Waals surface area contributed by atoms with Crippen molar-refractivity contribution in [2.75, 3.05) is 44.6 Å². The number of thiocarbonyl (C=S) groups is 1.